The van der Waals surface area contributed by atoms with Gasteiger partial charge in [0.2, 0.25) is 0 Å². The number of aromatic nitrogens is 1. The van der Waals surface area contributed by atoms with E-state index in [0.717, 1.165) is 17.9 Å². The van der Waals surface area contributed by atoms with Gasteiger partial charge in [-0.25, -0.2) is 0 Å². The van der Waals surface area contributed by atoms with Crippen molar-refractivity contribution >= 4 is 11.8 Å². The maximum atomic E-state index is 12.1. The highest BCUT2D eigenvalue weighted by atomic mass is 32.2. The summed E-state index contributed by atoms with van der Waals surface area (Å²) < 4.78 is 29.6. The Hall–Kier alpha value is -1.40. The lowest BCUT2D eigenvalue weighted by Crippen LogP contribution is -2.13. The molecule has 0 aliphatic rings. The van der Waals surface area contributed by atoms with Crippen molar-refractivity contribution in [2.24, 2.45) is 0 Å². The van der Waals surface area contributed by atoms with Crippen LogP contribution in [0.2, 0.25) is 0 Å². The zero-order chi connectivity index (χ0) is 14.4. The summed E-state index contributed by atoms with van der Waals surface area (Å²) in [4.78, 5) is 4.04. The molecule has 6 heteroatoms. The van der Waals surface area contributed by atoms with E-state index in [0.29, 0.717) is 24.1 Å². The molecule has 2 heterocycles. The maximum absolute atomic E-state index is 12.1. The summed E-state index contributed by atoms with van der Waals surface area (Å²) in [7, 11) is 0. The Kier molecular flexibility index (Phi) is 5.55. The molecule has 108 valence electrons. The van der Waals surface area contributed by atoms with E-state index >= 15 is 0 Å². The van der Waals surface area contributed by atoms with Gasteiger partial charge in [0.25, 0.3) is 5.76 Å². The van der Waals surface area contributed by atoms with Crippen LogP contribution in [-0.2, 0) is 18.8 Å². The minimum absolute atomic E-state index is 0.196. The van der Waals surface area contributed by atoms with E-state index in [2.05, 4.69) is 10.3 Å². The number of thioether (sulfide) groups is 1. The number of rotatable bonds is 7. The van der Waals surface area contributed by atoms with E-state index in [9.17, 15) is 8.78 Å². The third-order valence-electron chi connectivity index (χ3n) is 2.82. The fourth-order valence-electron chi connectivity index (χ4n) is 1.76. The maximum Gasteiger partial charge on any atom is 0.284 e. The molecule has 20 heavy (non-hydrogen) atoms. The van der Waals surface area contributed by atoms with Crippen LogP contribution in [0.1, 0.15) is 22.6 Å². The molecule has 0 amide bonds. The molecule has 0 spiro atoms. The Labute approximate surface area is 120 Å². The fourth-order valence-corrected chi connectivity index (χ4v) is 2.21. The van der Waals surface area contributed by atoms with Crippen LogP contribution < -0.4 is 5.32 Å². The van der Waals surface area contributed by atoms with Crippen molar-refractivity contribution in [2.45, 2.75) is 31.5 Å². The van der Waals surface area contributed by atoms with E-state index in [-0.39, 0.29) is 5.75 Å². The van der Waals surface area contributed by atoms with Crippen LogP contribution in [-0.4, -0.2) is 10.7 Å². The highest BCUT2D eigenvalue weighted by Crippen LogP contribution is 2.21. The summed E-state index contributed by atoms with van der Waals surface area (Å²) in [6.45, 7) is 3.30. The van der Waals surface area contributed by atoms with Gasteiger partial charge >= 0.3 is 0 Å². The summed E-state index contributed by atoms with van der Waals surface area (Å²) in [6, 6.07) is 5.52. The van der Waals surface area contributed by atoms with Gasteiger partial charge in [-0.3, -0.25) is 4.98 Å². The average Bonchev–Trinajstić information content (AvgIpc) is 2.87. The molecule has 2 aromatic heterocycles. The molecular weight excluding hydrogens is 282 g/mol. The Bertz CT molecular complexity index is 545. The van der Waals surface area contributed by atoms with Crippen LogP contribution >= 0.6 is 11.8 Å². The van der Waals surface area contributed by atoms with E-state index < -0.39 is 5.76 Å². The lowest BCUT2D eigenvalue weighted by molar-refractivity contribution is 0.251. The third kappa shape index (κ3) is 4.61. The van der Waals surface area contributed by atoms with Crippen molar-refractivity contribution < 1.29 is 13.2 Å². The quantitative estimate of drug-likeness (QED) is 0.845. The van der Waals surface area contributed by atoms with Crippen LogP contribution in [0.5, 0.6) is 0 Å². The van der Waals surface area contributed by atoms with Gasteiger partial charge in [0.05, 0.1) is 12.3 Å². The van der Waals surface area contributed by atoms with Gasteiger partial charge in [-0.1, -0.05) is 11.8 Å². The molecule has 0 unspecified atom stereocenters. The molecule has 0 radical (unpaired) electrons. The predicted octanol–water partition coefficient (Wildman–Crippen LogP) is 3.73. The van der Waals surface area contributed by atoms with Gasteiger partial charge in [0, 0.05) is 18.9 Å². The topological polar surface area (TPSA) is 38.1 Å². The van der Waals surface area contributed by atoms with Crippen LogP contribution in [0.3, 0.4) is 0 Å². The van der Waals surface area contributed by atoms with Crippen molar-refractivity contribution in [1.82, 2.24) is 10.3 Å². The van der Waals surface area contributed by atoms with Crippen LogP contribution in [0.4, 0.5) is 8.78 Å². The number of hydrogen-bond donors (Lipinski definition) is 1. The van der Waals surface area contributed by atoms with E-state index in [4.69, 9.17) is 4.42 Å². The van der Waals surface area contributed by atoms with Crippen molar-refractivity contribution in [3.05, 3.63) is 53.2 Å². The molecule has 0 atom stereocenters. The second-order valence-electron chi connectivity index (χ2n) is 4.35. The average molecular weight is 298 g/mol. The van der Waals surface area contributed by atoms with Gasteiger partial charge in [-0.2, -0.15) is 8.78 Å². The van der Waals surface area contributed by atoms with Gasteiger partial charge in [0.15, 0.2) is 0 Å². The molecule has 0 fully saturated rings. The summed E-state index contributed by atoms with van der Waals surface area (Å²) >= 11 is 0.566. The standard InChI is InChI=1S/C14H16F2N2OS/c1-10-6-17-5-4-11(10)7-18-8-12-2-3-13(19-12)9-20-14(15)16/h2-6,14,18H,7-9H2,1H3. The highest BCUT2D eigenvalue weighted by Gasteiger charge is 2.07. The first-order valence-corrected chi connectivity index (χ1v) is 7.27. The molecule has 0 aliphatic carbocycles. The van der Waals surface area contributed by atoms with Crippen molar-refractivity contribution in [3.63, 3.8) is 0 Å². The first kappa shape index (κ1) is 15.0. The molecule has 0 aliphatic heterocycles. The summed E-state index contributed by atoms with van der Waals surface area (Å²) in [6.07, 6.45) is 3.58. The van der Waals surface area contributed by atoms with Crippen molar-refractivity contribution in [2.75, 3.05) is 0 Å². The largest absolute Gasteiger partial charge is 0.464 e. The number of halogens is 2. The second kappa shape index (κ2) is 7.40. The summed E-state index contributed by atoms with van der Waals surface area (Å²) in [5.74, 6) is -0.841. The number of nitrogens with one attached hydrogen (secondary N) is 1. The fraction of sp³-hybridized carbons (Fsp3) is 0.357. The normalized spacial score (nSPS) is 11.2. The van der Waals surface area contributed by atoms with E-state index in [1.165, 1.54) is 5.56 Å². The number of alkyl halides is 2. The van der Waals surface area contributed by atoms with E-state index in [1.54, 1.807) is 12.3 Å². The van der Waals surface area contributed by atoms with Crippen LogP contribution in [0.15, 0.2) is 35.0 Å². The molecule has 0 bridgehead atoms. The number of pyridine rings is 1. The molecule has 0 aromatic carbocycles. The molecule has 0 saturated heterocycles. The lowest BCUT2D eigenvalue weighted by atomic mass is 10.1. The van der Waals surface area contributed by atoms with Crippen LogP contribution in [0.25, 0.3) is 0 Å². The smallest absolute Gasteiger partial charge is 0.284 e. The summed E-state index contributed by atoms with van der Waals surface area (Å²) in [5.41, 5.74) is 2.31. The van der Waals surface area contributed by atoms with Gasteiger partial charge in [-0.05, 0) is 36.2 Å². The van der Waals surface area contributed by atoms with Crippen LogP contribution in [0, 0.1) is 6.92 Å². The predicted molar refractivity (Wildman–Crippen MR) is 75.5 cm³/mol. The monoisotopic (exact) mass is 298 g/mol. The summed E-state index contributed by atoms with van der Waals surface area (Å²) in [5, 5.41) is 3.26. The molecule has 1 N–H and O–H groups in total. The Morgan fingerprint density at radius 1 is 1.25 bits per heavy atom. The Morgan fingerprint density at radius 3 is 2.80 bits per heavy atom. The van der Waals surface area contributed by atoms with Crippen molar-refractivity contribution in [3.8, 4) is 0 Å². The molecular formula is C14H16F2N2OS. The third-order valence-corrected chi connectivity index (χ3v) is 3.52. The molecule has 2 aromatic rings. The minimum atomic E-state index is -2.36. The number of nitrogens with zero attached hydrogens (tertiary/aromatic N) is 1. The zero-order valence-corrected chi connectivity index (χ0v) is 11.9. The zero-order valence-electron chi connectivity index (χ0n) is 11.1. The lowest BCUT2D eigenvalue weighted by Gasteiger charge is -2.05. The highest BCUT2D eigenvalue weighted by molar-refractivity contribution is 7.98. The Morgan fingerprint density at radius 2 is 2.05 bits per heavy atom. The number of hydrogen-bond acceptors (Lipinski definition) is 4. The van der Waals surface area contributed by atoms with E-state index in [1.807, 2.05) is 25.3 Å². The minimum Gasteiger partial charge on any atom is -0.464 e. The van der Waals surface area contributed by atoms with Gasteiger partial charge < -0.3 is 9.73 Å². The second-order valence-corrected chi connectivity index (χ2v) is 5.32. The van der Waals surface area contributed by atoms with Gasteiger partial charge in [-0.15, -0.1) is 0 Å². The van der Waals surface area contributed by atoms with Gasteiger partial charge in [0.1, 0.15) is 11.5 Å². The molecule has 0 saturated carbocycles. The number of aryl methyl sites for hydroxylation is 1. The molecule has 2 rings (SSSR count). The first-order chi connectivity index (χ1) is 9.65. The first-order valence-electron chi connectivity index (χ1n) is 6.22. The Balaban J connectivity index is 1.78. The SMILES string of the molecule is Cc1cnccc1CNCc1ccc(CSC(F)F)o1. The number of furan rings is 1. The molecule has 3 nitrogen and oxygen atoms in total. The van der Waals surface area contributed by atoms with Crippen molar-refractivity contribution in [1.29, 1.82) is 0 Å².